The highest BCUT2D eigenvalue weighted by molar-refractivity contribution is 6.08. The smallest absolute Gasteiger partial charge is 0.258 e. The van der Waals surface area contributed by atoms with E-state index in [1.165, 1.54) is 24.3 Å². The monoisotopic (exact) mass is 298 g/mol. The molecule has 0 saturated carbocycles. The Morgan fingerprint density at radius 3 is 2.55 bits per heavy atom. The van der Waals surface area contributed by atoms with Crippen LogP contribution in [0.25, 0.3) is 0 Å². The highest BCUT2D eigenvalue weighted by atomic mass is 19.1. The minimum Gasteiger partial charge on any atom is -0.355 e. The van der Waals surface area contributed by atoms with Crippen LogP contribution in [0.3, 0.4) is 0 Å². The van der Waals surface area contributed by atoms with Crippen LogP contribution >= 0.6 is 0 Å². The number of carbonyl (C=O) groups is 2. The zero-order chi connectivity index (χ0) is 15.7. The first-order chi connectivity index (χ1) is 10.6. The van der Waals surface area contributed by atoms with Crippen LogP contribution < -0.4 is 10.2 Å². The van der Waals surface area contributed by atoms with E-state index < -0.39 is 0 Å². The Morgan fingerprint density at radius 2 is 1.86 bits per heavy atom. The average molecular weight is 298 g/mol. The molecule has 0 unspecified atom stereocenters. The molecule has 3 rings (SSSR count). The maximum atomic E-state index is 13.0. The standard InChI is InChI=1S/C17H15FN2O2/c1-19-16(21)14-3-2-4-15-13(14)9-10-20(15)17(22)11-5-7-12(18)8-6-11/h2-8H,9-10H2,1H3,(H,19,21). The van der Waals surface area contributed by atoms with Crippen LogP contribution in [0.1, 0.15) is 26.3 Å². The maximum absolute atomic E-state index is 13.0. The predicted octanol–water partition coefficient (Wildman–Crippen LogP) is 2.39. The number of carbonyl (C=O) groups excluding carboxylic acids is 2. The first-order valence-electron chi connectivity index (χ1n) is 7.03. The summed E-state index contributed by atoms with van der Waals surface area (Å²) in [6.45, 7) is 0.513. The molecule has 112 valence electrons. The average Bonchev–Trinajstić information content (AvgIpc) is 2.98. The van der Waals surface area contributed by atoms with Crippen LogP contribution in [-0.2, 0) is 6.42 Å². The Morgan fingerprint density at radius 1 is 1.14 bits per heavy atom. The zero-order valence-corrected chi connectivity index (χ0v) is 12.1. The largest absolute Gasteiger partial charge is 0.355 e. The Bertz CT molecular complexity index is 741. The molecular weight excluding hydrogens is 283 g/mol. The highest BCUT2D eigenvalue weighted by Gasteiger charge is 2.28. The van der Waals surface area contributed by atoms with Crippen molar-refractivity contribution in [2.24, 2.45) is 0 Å². The molecule has 1 aliphatic rings. The van der Waals surface area contributed by atoms with Gasteiger partial charge in [0.15, 0.2) is 0 Å². The summed E-state index contributed by atoms with van der Waals surface area (Å²) in [5.41, 5.74) is 2.64. The molecule has 2 amide bonds. The maximum Gasteiger partial charge on any atom is 0.258 e. The lowest BCUT2D eigenvalue weighted by molar-refractivity contribution is 0.0960. The Balaban J connectivity index is 1.96. The molecule has 0 bridgehead atoms. The molecule has 4 nitrogen and oxygen atoms in total. The quantitative estimate of drug-likeness (QED) is 0.925. The predicted molar refractivity (Wildman–Crippen MR) is 81.6 cm³/mol. The Labute approximate surface area is 127 Å². The van der Waals surface area contributed by atoms with Gasteiger partial charge in [0.1, 0.15) is 5.82 Å². The third-order valence-corrected chi connectivity index (χ3v) is 3.84. The lowest BCUT2D eigenvalue weighted by atomic mass is 10.0. The van der Waals surface area contributed by atoms with Gasteiger partial charge in [-0.2, -0.15) is 0 Å². The normalized spacial score (nSPS) is 12.9. The molecule has 0 fully saturated rings. The fraction of sp³-hybridized carbons (Fsp3) is 0.176. The fourth-order valence-corrected chi connectivity index (χ4v) is 2.74. The number of halogens is 1. The van der Waals surface area contributed by atoms with Gasteiger partial charge in [-0.1, -0.05) is 6.07 Å². The molecule has 0 spiro atoms. The minimum absolute atomic E-state index is 0.159. The molecule has 2 aromatic carbocycles. The van der Waals surface area contributed by atoms with Crippen molar-refractivity contribution in [3.63, 3.8) is 0 Å². The Hall–Kier alpha value is -2.69. The van der Waals surface area contributed by atoms with Crippen molar-refractivity contribution >= 4 is 17.5 Å². The number of amides is 2. The van der Waals surface area contributed by atoms with Gasteiger partial charge in [-0.05, 0) is 48.4 Å². The summed E-state index contributed by atoms with van der Waals surface area (Å²) >= 11 is 0. The molecule has 0 saturated heterocycles. The molecule has 1 heterocycles. The number of hydrogen-bond acceptors (Lipinski definition) is 2. The van der Waals surface area contributed by atoms with Crippen LogP contribution in [0.2, 0.25) is 0 Å². The van der Waals surface area contributed by atoms with E-state index in [2.05, 4.69) is 5.32 Å². The molecule has 1 N–H and O–H groups in total. The molecule has 5 heteroatoms. The summed E-state index contributed by atoms with van der Waals surface area (Å²) in [6, 6.07) is 10.8. The van der Waals surface area contributed by atoms with Crippen molar-refractivity contribution in [3.05, 3.63) is 65.0 Å². The summed E-state index contributed by atoms with van der Waals surface area (Å²) in [4.78, 5) is 26.1. The number of hydrogen-bond donors (Lipinski definition) is 1. The van der Waals surface area contributed by atoms with E-state index in [1.54, 1.807) is 24.1 Å². The van der Waals surface area contributed by atoms with Crippen LogP contribution in [0.4, 0.5) is 10.1 Å². The number of nitrogens with zero attached hydrogens (tertiary/aromatic N) is 1. The fourth-order valence-electron chi connectivity index (χ4n) is 2.74. The van der Waals surface area contributed by atoms with E-state index in [0.29, 0.717) is 24.1 Å². The lowest BCUT2D eigenvalue weighted by Crippen LogP contribution is -2.28. The van der Waals surface area contributed by atoms with Crippen LogP contribution in [0, 0.1) is 5.82 Å². The zero-order valence-electron chi connectivity index (χ0n) is 12.1. The van der Waals surface area contributed by atoms with Crippen LogP contribution in [0.15, 0.2) is 42.5 Å². The van der Waals surface area contributed by atoms with Gasteiger partial charge < -0.3 is 10.2 Å². The van der Waals surface area contributed by atoms with E-state index in [4.69, 9.17) is 0 Å². The van der Waals surface area contributed by atoms with Crippen molar-refractivity contribution < 1.29 is 14.0 Å². The molecular formula is C17H15FN2O2. The van der Waals surface area contributed by atoms with Crippen LogP contribution in [-0.4, -0.2) is 25.4 Å². The molecule has 2 aromatic rings. The molecule has 0 atom stereocenters. The number of fused-ring (bicyclic) bond motifs is 1. The van der Waals surface area contributed by atoms with Gasteiger partial charge in [-0.3, -0.25) is 9.59 Å². The number of rotatable bonds is 2. The summed E-state index contributed by atoms with van der Waals surface area (Å²) < 4.78 is 13.0. The number of anilines is 1. The minimum atomic E-state index is -0.375. The second kappa shape index (κ2) is 5.60. The van der Waals surface area contributed by atoms with Crippen molar-refractivity contribution in [3.8, 4) is 0 Å². The van der Waals surface area contributed by atoms with Crippen molar-refractivity contribution in [2.75, 3.05) is 18.5 Å². The topological polar surface area (TPSA) is 49.4 Å². The summed E-state index contributed by atoms with van der Waals surface area (Å²) in [7, 11) is 1.58. The van der Waals surface area contributed by atoms with Gasteiger partial charge in [0.2, 0.25) is 0 Å². The van der Waals surface area contributed by atoms with Gasteiger partial charge in [0.05, 0.1) is 0 Å². The summed E-state index contributed by atoms with van der Waals surface area (Å²) in [6.07, 6.45) is 0.631. The van der Waals surface area contributed by atoms with Crippen LogP contribution in [0.5, 0.6) is 0 Å². The molecule has 0 aliphatic carbocycles. The first-order valence-corrected chi connectivity index (χ1v) is 7.03. The van der Waals surface area contributed by atoms with Gasteiger partial charge in [-0.25, -0.2) is 4.39 Å². The SMILES string of the molecule is CNC(=O)c1cccc2c1CCN2C(=O)c1ccc(F)cc1. The van der Waals surface area contributed by atoms with Crippen molar-refractivity contribution in [1.29, 1.82) is 0 Å². The highest BCUT2D eigenvalue weighted by Crippen LogP contribution is 2.31. The first kappa shape index (κ1) is 14.3. The second-order valence-corrected chi connectivity index (χ2v) is 5.10. The van der Waals surface area contributed by atoms with Crippen molar-refractivity contribution in [2.45, 2.75) is 6.42 Å². The Kier molecular flexibility index (Phi) is 3.63. The molecule has 0 radical (unpaired) electrons. The van der Waals surface area contributed by atoms with Gasteiger partial charge in [0, 0.05) is 30.4 Å². The third-order valence-electron chi connectivity index (χ3n) is 3.84. The van der Waals surface area contributed by atoms with E-state index >= 15 is 0 Å². The second-order valence-electron chi connectivity index (χ2n) is 5.10. The molecule has 1 aliphatic heterocycles. The third kappa shape index (κ3) is 2.35. The van der Waals surface area contributed by atoms with E-state index in [1.807, 2.05) is 6.07 Å². The van der Waals surface area contributed by atoms with E-state index in [9.17, 15) is 14.0 Å². The number of benzene rings is 2. The van der Waals surface area contributed by atoms with E-state index in [0.717, 1.165) is 11.3 Å². The summed E-state index contributed by atoms with van der Waals surface area (Å²) in [5.74, 6) is -0.721. The van der Waals surface area contributed by atoms with Gasteiger partial charge in [-0.15, -0.1) is 0 Å². The summed E-state index contributed by atoms with van der Waals surface area (Å²) in [5, 5.41) is 2.61. The van der Waals surface area contributed by atoms with E-state index in [-0.39, 0.29) is 17.6 Å². The molecule has 0 aromatic heterocycles. The van der Waals surface area contributed by atoms with Gasteiger partial charge >= 0.3 is 0 Å². The lowest BCUT2D eigenvalue weighted by Gasteiger charge is -2.18. The molecule has 22 heavy (non-hydrogen) atoms. The van der Waals surface area contributed by atoms with Gasteiger partial charge in [0.25, 0.3) is 11.8 Å². The van der Waals surface area contributed by atoms with Crippen molar-refractivity contribution in [1.82, 2.24) is 5.32 Å². The number of nitrogens with one attached hydrogen (secondary N) is 1.